The van der Waals surface area contributed by atoms with Crippen LogP contribution in [0.25, 0.3) is 0 Å². The number of hydrogen-bond acceptors (Lipinski definition) is 2. The van der Waals surface area contributed by atoms with Gasteiger partial charge in [-0.3, -0.25) is 0 Å². The van der Waals surface area contributed by atoms with Crippen molar-refractivity contribution in [1.29, 1.82) is 0 Å². The minimum absolute atomic E-state index is 0.0631. The summed E-state index contributed by atoms with van der Waals surface area (Å²) in [6, 6.07) is 17.8. The highest BCUT2D eigenvalue weighted by Gasteiger charge is 2.14. The van der Waals surface area contributed by atoms with E-state index in [1.807, 2.05) is 54.6 Å². The largest absolute Gasteiger partial charge is 0.394 e. The molecule has 0 heterocycles. The normalized spacial score (nSPS) is 14.1. The number of rotatable bonds is 5. The number of halogens is 1. The summed E-state index contributed by atoms with van der Waals surface area (Å²) in [5, 5.41) is 13.7. The summed E-state index contributed by atoms with van der Waals surface area (Å²) in [5.74, 6) is 0. The first kappa shape index (κ1) is 14.1. The Morgan fingerprint density at radius 3 is 2.21 bits per heavy atom. The molecule has 2 unspecified atom stereocenters. The van der Waals surface area contributed by atoms with Crippen molar-refractivity contribution >= 4 is 11.6 Å². The van der Waals surface area contributed by atoms with Crippen molar-refractivity contribution < 1.29 is 5.11 Å². The summed E-state index contributed by atoms with van der Waals surface area (Å²) in [7, 11) is 0. The monoisotopic (exact) mass is 275 g/mol. The van der Waals surface area contributed by atoms with Crippen LogP contribution in [-0.2, 0) is 0 Å². The van der Waals surface area contributed by atoms with E-state index in [0.29, 0.717) is 0 Å². The zero-order chi connectivity index (χ0) is 13.7. The van der Waals surface area contributed by atoms with E-state index in [0.717, 1.165) is 16.1 Å². The van der Waals surface area contributed by atoms with E-state index in [1.165, 1.54) is 0 Å². The third-order valence-corrected chi connectivity index (χ3v) is 3.46. The highest BCUT2D eigenvalue weighted by atomic mass is 35.5. The summed E-state index contributed by atoms with van der Waals surface area (Å²) < 4.78 is 0. The Hall–Kier alpha value is -1.35. The second-order valence-electron chi connectivity index (χ2n) is 4.59. The average Bonchev–Trinajstić information content (AvgIpc) is 2.46. The fraction of sp³-hybridized carbons (Fsp3) is 0.250. The molecule has 0 bridgehead atoms. The van der Waals surface area contributed by atoms with Gasteiger partial charge in [0.1, 0.15) is 0 Å². The first-order chi connectivity index (χ1) is 9.20. The molecule has 2 atom stereocenters. The Kier molecular flexibility index (Phi) is 4.97. The van der Waals surface area contributed by atoms with Gasteiger partial charge in [0, 0.05) is 11.1 Å². The van der Waals surface area contributed by atoms with Crippen molar-refractivity contribution in [2.24, 2.45) is 0 Å². The van der Waals surface area contributed by atoms with Crippen LogP contribution >= 0.6 is 11.6 Å². The van der Waals surface area contributed by atoms with Gasteiger partial charge in [-0.1, -0.05) is 54.1 Å². The molecule has 0 saturated carbocycles. The van der Waals surface area contributed by atoms with E-state index in [1.54, 1.807) is 0 Å². The second-order valence-corrected chi connectivity index (χ2v) is 5.02. The molecule has 19 heavy (non-hydrogen) atoms. The van der Waals surface area contributed by atoms with Crippen molar-refractivity contribution in [3.05, 3.63) is 70.7 Å². The maximum absolute atomic E-state index is 9.54. The Bertz CT molecular complexity index is 498. The summed E-state index contributed by atoms with van der Waals surface area (Å²) >= 11 is 5.88. The molecule has 2 rings (SSSR count). The molecule has 0 saturated heterocycles. The molecule has 0 fully saturated rings. The fourth-order valence-electron chi connectivity index (χ4n) is 2.09. The van der Waals surface area contributed by atoms with Gasteiger partial charge < -0.3 is 10.4 Å². The van der Waals surface area contributed by atoms with E-state index in [4.69, 9.17) is 11.6 Å². The quantitative estimate of drug-likeness (QED) is 0.872. The first-order valence-corrected chi connectivity index (χ1v) is 6.76. The van der Waals surface area contributed by atoms with Gasteiger partial charge >= 0.3 is 0 Å². The Balaban J connectivity index is 2.08. The lowest BCUT2D eigenvalue weighted by Gasteiger charge is -2.22. The number of nitrogens with one attached hydrogen (secondary N) is 1. The van der Waals surface area contributed by atoms with Gasteiger partial charge in [-0.25, -0.2) is 0 Å². The summed E-state index contributed by atoms with van der Waals surface area (Å²) in [5.41, 5.74) is 2.24. The van der Waals surface area contributed by atoms with Gasteiger partial charge in [0.25, 0.3) is 0 Å². The van der Waals surface area contributed by atoms with Gasteiger partial charge in [0.15, 0.2) is 0 Å². The Morgan fingerprint density at radius 2 is 1.63 bits per heavy atom. The van der Waals surface area contributed by atoms with Crippen molar-refractivity contribution in [3.63, 3.8) is 0 Å². The van der Waals surface area contributed by atoms with Crippen LogP contribution < -0.4 is 5.32 Å². The molecule has 3 heteroatoms. The molecule has 0 aromatic heterocycles. The molecule has 2 aromatic rings. The number of aliphatic hydroxyl groups is 1. The topological polar surface area (TPSA) is 32.3 Å². The van der Waals surface area contributed by atoms with Crippen molar-refractivity contribution in [2.45, 2.75) is 19.0 Å². The standard InChI is InChI=1S/C16H18ClNO/c1-12(13-7-9-15(17)10-8-13)18-16(11-19)14-5-3-2-4-6-14/h2-10,12,16,18-19H,11H2,1H3. The van der Waals surface area contributed by atoms with E-state index in [9.17, 15) is 5.11 Å². The maximum Gasteiger partial charge on any atom is 0.0626 e. The SMILES string of the molecule is CC(NC(CO)c1ccccc1)c1ccc(Cl)cc1. The molecule has 0 amide bonds. The van der Waals surface area contributed by atoms with E-state index in [2.05, 4.69) is 12.2 Å². The zero-order valence-corrected chi connectivity index (χ0v) is 11.6. The zero-order valence-electron chi connectivity index (χ0n) is 10.9. The van der Waals surface area contributed by atoms with Gasteiger partial charge in [-0.2, -0.15) is 0 Å². The predicted octanol–water partition coefficient (Wildman–Crippen LogP) is 3.72. The third kappa shape index (κ3) is 3.80. The lowest BCUT2D eigenvalue weighted by Crippen LogP contribution is -2.27. The van der Waals surface area contributed by atoms with Crippen LogP contribution in [0, 0.1) is 0 Å². The van der Waals surface area contributed by atoms with Crippen molar-refractivity contribution in [3.8, 4) is 0 Å². The molecule has 2 aromatic carbocycles. The van der Waals surface area contributed by atoms with Gasteiger partial charge in [-0.05, 0) is 30.2 Å². The molecular weight excluding hydrogens is 258 g/mol. The lowest BCUT2D eigenvalue weighted by atomic mass is 10.0. The predicted molar refractivity (Wildman–Crippen MR) is 79.3 cm³/mol. The van der Waals surface area contributed by atoms with Crippen LogP contribution in [0.2, 0.25) is 5.02 Å². The summed E-state index contributed by atoms with van der Waals surface area (Å²) in [4.78, 5) is 0. The van der Waals surface area contributed by atoms with Crippen LogP contribution in [0.15, 0.2) is 54.6 Å². The molecule has 0 radical (unpaired) electrons. The molecule has 100 valence electrons. The van der Waals surface area contributed by atoms with Gasteiger partial charge in [-0.15, -0.1) is 0 Å². The molecule has 0 aliphatic heterocycles. The number of aliphatic hydroxyl groups excluding tert-OH is 1. The highest BCUT2D eigenvalue weighted by molar-refractivity contribution is 6.30. The lowest BCUT2D eigenvalue weighted by molar-refractivity contribution is 0.235. The van der Waals surface area contributed by atoms with Gasteiger partial charge in [0.2, 0.25) is 0 Å². The number of benzene rings is 2. The maximum atomic E-state index is 9.54. The fourth-order valence-corrected chi connectivity index (χ4v) is 2.22. The molecule has 0 spiro atoms. The highest BCUT2D eigenvalue weighted by Crippen LogP contribution is 2.20. The van der Waals surface area contributed by atoms with Crippen LogP contribution in [0.1, 0.15) is 30.1 Å². The summed E-state index contributed by atoms with van der Waals surface area (Å²) in [6.45, 7) is 2.15. The van der Waals surface area contributed by atoms with E-state index >= 15 is 0 Å². The number of hydrogen-bond donors (Lipinski definition) is 2. The Labute approximate surface area is 119 Å². The molecule has 2 N–H and O–H groups in total. The minimum atomic E-state index is -0.0631. The molecule has 0 aliphatic rings. The molecule has 2 nitrogen and oxygen atoms in total. The van der Waals surface area contributed by atoms with Crippen LogP contribution in [0.5, 0.6) is 0 Å². The van der Waals surface area contributed by atoms with Crippen LogP contribution in [0.3, 0.4) is 0 Å². The minimum Gasteiger partial charge on any atom is -0.394 e. The Morgan fingerprint density at radius 1 is 1.00 bits per heavy atom. The first-order valence-electron chi connectivity index (χ1n) is 6.38. The summed E-state index contributed by atoms with van der Waals surface area (Å²) in [6.07, 6.45) is 0. The smallest absolute Gasteiger partial charge is 0.0626 e. The van der Waals surface area contributed by atoms with Crippen molar-refractivity contribution in [2.75, 3.05) is 6.61 Å². The van der Waals surface area contributed by atoms with E-state index < -0.39 is 0 Å². The molecular formula is C16H18ClNO. The van der Waals surface area contributed by atoms with Crippen LogP contribution in [0.4, 0.5) is 0 Å². The van der Waals surface area contributed by atoms with Crippen molar-refractivity contribution in [1.82, 2.24) is 5.32 Å². The van der Waals surface area contributed by atoms with E-state index in [-0.39, 0.29) is 18.7 Å². The van der Waals surface area contributed by atoms with Gasteiger partial charge in [0.05, 0.1) is 12.6 Å². The third-order valence-electron chi connectivity index (χ3n) is 3.21. The van der Waals surface area contributed by atoms with Crippen LogP contribution in [-0.4, -0.2) is 11.7 Å². The average molecular weight is 276 g/mol. The molecule has 0 aliphatic carbocycles. The second kappa shape index (κ2) is 6.71.